The maximum Gasteiger partial charge on any atom is 0.143 e. The molecular weight excluding hydrogens is 226 g/mol. The standard InChI is InChI=1S/C14H17N3O/c1-18-14-10-11(15)5-6-13(14)17-9-7-12-4-2-3-8-16-12/h2-6,8,10,17H,7,9,15H2,1H3. The Labute approximate surface area is 107 Å². The van der Waals surface area contributed by atoms with Crippen molar-refractivity contribution in [2.45, 2.75) is 6.42 Å². The summed E-state index contributed by atoms with van der Waals surface area (Å²) in [6.45, 7) is 0.803. The van der Waals surface area contributed by atoms with Crippen LogP contribution in [0.15, 0.2) is 42.6 Å². The van der Waals surface area contributed by atoms with Gasteiger partial charge in [-0.25, -0.2) is 0 Å². The maximum atomic E-state index is 5.71. The molecule has 18 heavy (non-hydrogen) atoms. The highest BCUT2D eigenvalue weighted by Gasteiger charge is 2.02. The third kappa shape index (κ3) is 3.13. The fraction of sp³-hybridized carbons (Fsp3) is 0.214. The minimum Gasteiger partial charge on any atom is -0.495 e. The van der Waals surface area contributed by atoms with Crippen LogP contribution in [-0.4, -0.2) is 18.6 Å². The van der Waals surface area contributed by atoms with Gasteiger partial charge in [0.05, 0.1) is 12.8 Å². The molecule has 0 bridgehead atoms. The summed E-state index contributed by atoms with van der Waals surface area (Å²) >= 11 is 0. The maximum absolute atomic E-state index is 5.71. The van der Waals surface area contributed by atoms with Crippen LogP contribution < -0.4 is 15.8 Å². The second-order valence-electron chi connectivity index (χ2n) is 3.96. The van der Waals surface area contributed by atoms with Crippen LogP contribution in [0.4, 0.5) is 11.4 Å². The lowest BCUT2D eigenvalue weighted by Crippen LogP contribution is -2.07. The van der Waals surface area contributed by atoms with Gasteiger partial charge < -0.3 is 15.8 Å². The highest BCUT2D eigenvalue weighted by Crippen LogP contribution is 2.26. The molecule has 0 saturated carbocycles. The van der Waals surface area contributed by atoms with Crippen LogP contribution in [0.25, 0.3) is 0 Å². The molecule has 0 spiro atoms. The molecule has 0 fully saturated rings. The van der Waals surface area contributed by atoms with Crippen molar-refractivity contribution in [3.63, 3.8) is 0 Å². The van der Waals surface area contributed by atoms with Gasteiger partial charge in [-0.05, 0) is 24.3 Å². The van der Waals surface area contributed by atoms with Crippen LogP contribution in [0.5, 0.6) is 5.75 Å². The molecule has 0 saturated heterocycles. The number of anilines is 2. The summed E-state index contributed by atoms with van der Waals surface area (Å²) in [7, 11) is 1.64. The predicted molar refractivity (Wildman–Crippen MR) is 73.8 cm³/mol. The predicted octanol–water partition coefficient (Wildman–Crippen LogP) is 2.33. The fourth-order valence-electron chi connectivity index (χ4n) is 1.73. The summed E-state index contributed by atoms with van der Waals surface area (Å²) in [5.41, 5.74) is 8.42. The van der Waals surface area contributed by atoms with Gasteiger partial charge in [0.15, 0.2) is 0 Å². The Bertz CT molecular complexity index is 500. The van der Waals surface area contributed by atoms with Gasteiger partial charge in [-0.3, -0.25) is 4.98 Å². The molecule has 0 unspecified atom stereocenters. The molecule has 3 N–H and O–H groups in total. The van der Waals surface area contributed by atoms with Crippen LogP contribution in [0.3, 0.4) is 0 Å². The van der Waals surface area contributed by atoms with Crippen molar-refractivity contribution in [1.82, 2.24) is 4.98 Å². The Hall–Kier alpha value is -2.23. The summed E-state index contributed by atoms with van der Waals surface area (Å²) < 4.78 is 5.27. The summed E-state index contributed by atoms with van der Waals surface area (Å²) in [6, 6.07) is 11.5. The molecule has 0 atom stereocenters. The van der Waals surface area contributed by atoms with E-state index in [0.29, 0.717) is 5.69 Å². The average Bonchev–Trinajstić information content (AvgIpc) is 2.41. The summed E-state index contributed by atoms with van der Waals surface area (Å²) in [4.78, 5) is 4.28. The minimum absolute atomic E-state index is 0.696. The number of nitrogens with two attached hydrogens (primary N) is 1. The molecule has 1 aromatic heterocycles. The lowest BCUT2D eigenvalue weighted by molar-refractivity contribution is 0.416. The van der Waals surface area contributed by atoms with Gasteiger partial charge >= 0.3 is 0 Å². The average molecular weight is 243 g/mol. The summed E-state index contributed by atoms with van der Waals surface area (Å²) in [6.07, 6.45) is 2.67. The van der Waals surface area contributed by atoms with Gasteiger partial charge in [-0.15, -0.1) is 0 Å². The van der Waals surface area contributed by atoms with Gasteiger partial charge in [0.25, 0.3) is 0 Å². The number of nitrogen functional groups attached to an aromatic ring is 1. The number of nitrogens with one attached hydrogen (secondary N) is 1. The first-order chi connectivity index (χ1) is 8.79. The molecule has 2 rings (SSSR count). The fourth-order valence-corrected chi connectivity index (χ4v) is 1.73. The van der Waals surface area contributed by atoms with E-state index in [0.717, 1.165) is 30.1 Å². The molecule has 1 heterocycles. The number of pyridine rings is 1. The topological polar surface area (TPSA) is 60.2 Å². The number of ether oxygens (including phenoxy) is 1. The molecule has 2 aromatic rings. The van der Waals surface area contributed by atoms with E-state index in [9.17, 15) is 0 Å². The SMILES string of the molecule is COc1cc(N)ccc1NCCc1ccccn1. The zero-order valence-corrected chi connectivity index (χ0v) is 10.4. The van der Waals surface area contributed by atoms with Gasteiger partial charge in [0.1, 0.15) is 5.75 Å². The highest BCUT2D eigenvalue weighted by molar-refractivity contribution is 5.62. The lowest BCUT2D eigenvalue weighted by Gasteiger charge is -2.11. The van der Waals surface area contributed by atoms with Crippen LogP contribution in [0.2, 0.25) is 0 Å². The monoisotopic (exact) mass is 243 g/mol. The molecule has 0 aliphatic rings. The van der Waals surface area contributed by atoms with Gasteiger partial charge in [-0.2, -0.15) is 0 Å². The first-order valence-electron chi connectivity index (χ1n) is 5.87. The van der Waals surface area contributed by atoms with E-state index in [4.69, 9.17) is 10.5 Å². The highest BCUT2D eigenvalue weighted by atomic mass is 16.5. The second-order valence-corrected chi connectivity index (χ2v) is 3.96. The molecule has 0 radical (unpaired) electrons. The van der Waals surface area contributed by atoms with Crippen molar-refractivity contribution >= 4 is 11.4 Å². The largest absolute Gasteiger partial charge is 0.495 e. The Morgan fingerprint density at radius 1 is 1.28 bits per heavy atom. The van der Waals surface area contributed by atoms with Crippen molar-refractivity contribution in [3.8, 4) is 5.75 Å². The van der Waals surface area contributed by atoms with Gasteiger partial charge in [-0.1, -0.05) is 6.07 Å². The van der Waals surface area contributed by atoms with Crippen molar-refractivity contribution < 1.29 is 4.74 Å². The molecule has 0 amide bonds. The van der Waals surface area contributed by atoms with E-state index in [1.807, 2.05) is 36.4 Å². The normalized spacial score (nSPS) is 10.1. The Morgan fingerprint density at radius 2 is 2.17 bits per heavy atom. The molecular formula is C14H17N3O. The first-order valence-corrected chi connectivity index (χ1v) is 5.87. The Balaban J connectivity index is 1.94. The van der Waals surface area contributed by atoms with Crippen LogP contribution >= 0.6 is 0 Å². The van der Waals surface area contributed by atoms with Crippen molar-refractivity contribution in [3.05, 3.63) is 48.3 Å². The molecule has 4 heteroatoms. The third-order valence-corrected chi connectivity index (χ3v) is 2.65. The van der Waals surface area contributed by atoms with Crippen LogP contribution in [0, 0.1) is 0 Å². The molecule has 0 aliphatic carbocycles. The van der Waals surface area contributed by atoms with E-state index in [1.54, 1.807) is 13.3 Å². The Morgan fingerprint density at radius 3 is 2.89 bits per heavy atom. The van der Waals surface area contributed by atoms with Gasteiger partial charge in [0, 0.05) is 36.6 Å². The van der Waals surface area contributed by atoms with Crippen molar-refractivity contribution in [2.75, 3.05) is 24.7 Å². The number of hydrogen-bond acceptors (Lipinski definition) is 4. The van der Waals surface area contributed by atoms with Crippen molar-refractivity contribution in [2.24, 2.45) is 0 Å². The summed E-state index contributed by atoms with van der Waals surface area (Å²) in [5.74, 6) is 0.760. The molecule has 1 aromatic carbocycles. The number of rotatable bonds is 5. The molecule has 0 aliphatic heterocycles. The van der Waals surface area contributed by atoms with E-state index in [-0.39, 0.29) is 0 Å². The third-order valence-electron chi connectivity index (χ3n) is 2.65. The smallest absolute Gasteiger partial charge is 0.143 e. The zero-order valence-electron chi connectivity index (χ0n) is 10.4. The molecule has 94 valence electrons. The van der Waals surface area contributed by atoms with E-state index >= 15 is 0 Å². The number of methoxy groups -OCH3 is 1. The number of nitrogens with zero attached hydrogens (tertiary/aromatic N) is 1. The molecule has 4 nitrogen and oxygen atoms in total. The van der Waals surface area contributed by atoms with E-state index in [2.05, 4.69) is 10.3 Å². The minimum atomic E-state index is 0.696. The zero-order chi connectivity index (χ0) is 12.8. The summed E-state index contributed by atoms with van der Waals surface area (Å²) in [5, 5.41) is 3.32. The Kier molecular flexibility index (Phi) is 4.02. The van der Waals surface area contributed by atoms with Crippen molar-refractivity contribution in [1.29, 1.82) is 0 Å². The van der Waals surface area contributed by atoms with Crippen LogP contribution in [-0.2, 0) is 6.42 Å². The van der Waals surface area contributed by atoms with E-state index < -0.39 is 0 Å². The first kappa shape index (κ1) is 12.2. The van der Waals surface area contributed by atoms with Gasteiger partial charge in [0.2, 0.25) is 0 Å². The van der Waals surface area contributed by atoms with E-state index in [1.165, 1.54) is 0 Å². The lowest BCUT2D eigenvalue weighted by atomic mass is 10.2. The van der Waals surface area contributed by atoms with Crippen LogP contribution in [0.1, 0.15) is 5.69 Å². The number of hydrogen-bond donors (Lipinski definition) is 2. The number of benzene rings is 1. The quantitative estimate of drug-likeness (QED) is 0.791. The number of aromatic nitrogens is 1. The second kappa shape index (κ2) is 5.91.